The smallest absolute Gasteiger partial charge is 0.323 e. The first kappa shape index (κ1) is 15.7. The van der Waals surface area contributed by atoms with Crippen LogP contribution in [0, 0.1) is 10.1 Å². The fourth-order valence-corrected chi connectivity index (χ4v) is 2.02. The molecule has 0 radical (unpaired) electrons. The van der Waals surface area contributed by atoms with E-state index in [-0.39, 0.29) is 18.7 Å². The van der Waals surface area contributed by atoms with Crippen LogP contribution in [0.25, 0.3) is 11.3 Å². The minimum absolute atomic E-state index is 0.0434. The molecule has 0 saturated carbocycles. The Morgan fingerprint density at radius 3 is 2.77 bits per heavy atom. The van der Waals surface area contributed by atoms with Gasteiger partial charge in [-0.1, -0.05) is 12.1 Å². The van der Waals surface area contributed by atoms with Gasteiger partial charge in [-0.2, -0.15) is 0 Å². The molecule has 1 aromatic carbocycles. The summed E-state index contributed by atoms with van der Waals surface area (Å²) in [6.45, 7) is 1.95. The Morgan fingerprint density at radius 2 is 2.09 bits per heavy atom. The predicted molar refractivity (Wildman–Crippen MR) is 79.1 cm³/mol. The Kier molecular flexibility index (Phi) is 4.90. The van der Waals surface area contributed by atoms with Gasteiger partial charge in [0.15, 0.2) is 0 Å². The van der Waals surface area contributed by atoms with Crippen LogP contribution < -0.4 is 5.73 Å². The van der Waals surface area contributed by atoms with Crippen LogP contribution in [-0.4, -0.2) is 23.5 Å². The molecule has 116 valence electrons. The van der Waals surface area contributed by atoms with Crippen molar-refractivity contribution >= 4 is 11.7 Å². The van der Waals surface area contributed by atoms with Crippen molar-refractivity contribution in [1.29, 1.82) is 0 Å². The first-order valence-electron chi connectivity index (χ1n) is 6.77. The first-order chi connectivity index (χ1) is 10.5. The zero-order valence-corrected chi connectivity index (χ0v) is 12.0. The van der Waals surface area contributed by atoms with Crippen LogP contribution >= 0.6 is 0 Å². The molecule has 2 aromatic rings. The molecule has 1 atom stereocenters. The molecule has 2 N–H and O–H groups in total. The number of benzene rings is 1. The normalized spacial score (nSPS) is 11.9. The average molecular weight is 304 g/mol. The molecular formula is C15H16N2O5. The van der Waals surface area contributed by atoms with Crippen LogP contribution in [-0.2, 0) is 16.0 Å². The third kappa shape index (κ3) is 3.50. The summed E-state index contributed by atoms with van der Waals surface area (Å²) in [5.74, 6) is 0.318. The summed E-state index contributed by atoms with van der Waals surface area (Å²) in [6, 6.07) is 8.72. The molecule has 0 bridgehead atoms. The third-order valence-electron chi connectivity index (χ3n) is 3.04. The SMILES string of the molecule is CCOC(=O)C(N)Cc1ccc(-c2ccccc2[N+](=O)[O-])o1. The lowest BCUT2D eigenvalue weighted by molar-refractivity contribution is -0.384. The maximum absolute atomic E-state index is 11.5. The molecule has 1 heterocycles. The van der Waals surface area contributed by atoms with Gasteiger partial charge in [-0.25, -0.2) is 0 Å². The summed E-state index contributed by atoms with van der Waals surface area (Å²) in [6.07, 6.45) is 0.166. The van der Waals surface area contributed by atoms with Gasteiger partial charge < -0.3 is 14.9 Å². The first-order valence-corrected chi connectivity index (χ1v) is 6.77. The zero-order chi connectivity index (χ0) is 16.1. The Balaban J connectivity index is 2.19. The number of para-hydroxylation sites is 1. The molecule has 0 aliphatic heterocycles. The highest BCUT2D eigenvalue weighted by atomic mass is 16.6. The minimum atomic E-state index is -0.829. The third-order valence-corrected chi connectivity index (χ3v) is 3.04. The Hall–Kier alpha value is -2.67. The van der Waals surface area contributed by atoms with E-state index in [0.29, 0.717) is 17.1 Å². The minimum Gasteiger partial charge on any atom is -0.465 e. The van der Waals surface area contributed by atoms with Crippen molar-refractivity contribution in [3.8, 4) is 11.3 Å². The topological polar surface area (TPSA) is 109 Å². The van der Waals surface area contributed by atoms with Crippen molar-refractivity contribution in [3.63, 3.8) is 0 Å². The number of carbonyl (C=O) groups is 1. The van der Waals surface area contributed by atoms with Gasteiger partial charge in [0.05, 0.1) is 17.1 Å². The number of nitrogens with zero attached hydrogens (tertiary/aromatic N) is 1. The van der Waals surface area contributed by atoms with E-state index in [2.05, 4.69) is 0 Å². The quantitative estimate of drug-likeness (QED) is 0.498. The van der Waals surface area contributed by atoms with Crippen molar-refractivity contribution in [2.75, 3.05) is 6.61 Å². The van der Waals surface area contributed by atoms with E-state index in [0.717, 1.165) is 0 Å². The molecule has 0 aliphatic carbocycles. The number of nitrogens with two attached hydrogens (primary N) is 1. The van der Waals surface area contributed by atoms with Crippen molar-refractivity contribution in [2.24, 2.45) is 5.73 Å². The molecule has 1 unspecified atom stereocenters. The van der Waals surface area contributed by atoms with E-state index in [9.17, 15) is 14.9 Å². The summed E-state index contributed by atoms with van der Waals surface area (Å²) in [7, 11) is 0. The Morgan fingerprint density at radius 1 is 1.36 bits per heavy atom. The lowest BCUT2D eigenvalue weighted by Gasteiger charge is -2.08. The number of ether oxygens (including phenoxy) is 1. The van der Waals surface area contributed by atoms with Gasteiger partial charge in [-0.3, -0.25) is 14.9 Å². The van der Waals surface area contributed by atoms with Gasteiger partial charge in [0.25, 0.3) is 5.69 Å². The summed E-state index contributed by atoms with van der Waals surface area (Å²) in [5, 5.41) is 11.0. The maximum atomic E-state index is 11.5. The average Bonchev–Trinajstić information content (AvgIpc) is 2.95. The number of hydrogen-bond acceptors (Lipinski definition) is 6. The summed E-state index contributed by atoms with van der Waals surface area (Å²) < 4.78 is 10.4. The number of esters is 1. The standard InChI is InChI=1S/C15H16N2O5/c1-2-21-15(18)12(16)9-10-7-8-14(22-10)11-5-3-4-6-13(11)17(19)20/h3-8,12H,2,9,16H2,1H3. The van der Waals surface area contributed by atoms with Crippen molar-refractivity contribution in [3.05, 3.63) is 52.3 Å². The number of hydrogen-bond donors (Lipinski definition) is 1. The van der Waals surface area contributed by atoms with Crippen LogP contribution in [0.2, 0.25) is 0 Å². The van der Waals surface area contributed by atoms with E-state index in [1.54, 1.807) is 37.3 Å². The molecule has 7 nitrogen and oxygen atoms in total. The largest absolute Gasteiger partial charge is 0.465 e. The van der Waals surface area contributed by atoms with Crippen LogP contribution in [0.3, 0.4) is 0 Å². The molecule has 2 rings (SSSR count). The van der Waals surface area contributed by atoms with E-state index in [4.69, 9.17) is 14.9 Å². The van der Waals surface area contributed by atoms with Gasteiger partial charge in [-0.15, -0.1) is 0 Å². The molecule has 0 aliphatic rings. The van der Waals surface area contributed by atoms with Gasteiger partial charge in [0.1, 0.15) is 17.6 Å². The summed E-state index contributed by atoms with van der Waals surface area (Å²) >= 11 is 0. The highest BCUT2D eigenvalue weighted by molar-refractivity contribution is 5.76. The van der Waals surface area contributed by atoms with Gasteiger partial charge in [0.2, 0.25) is 0 Å². The molecule has 22 heavy (non-hydrogen) atoms. The molecule has 0 saturated heterocycles. The Bertz CT molecular complexity index is 680. The lowest BCUT2D eigenvalue weighted by Crippen LogP contribution is -2.34. The monoisotopic (exact) mass is 304 g/mol. The molecule has 1 aromatic heterocycles. The summed E-state index contributed by atoms with van der Waals surface area (Å²) in [5.41, 5.74) is 6.05. The zero-order valence-electron chi connectivity index (χ0n) is 12.0. The molecule has 0 spiro atoms. The molecule has 7 heteroatoms. The Labute approximate surface area is 126 Å². The van der Waals surface area contributed by atoms with E-state index >= 15 is 0 Å². The fourth-order valence-electron chi connectivity index (χ4n) is 2.02. The predicted octanol–water partition coefficient (Wildman–Crippen LogP) is 2.29. The molecule has 0 fully saturated rings. The highest BCUT2D eigenvalue weighted by Gasteiger charge is 2.20. The highest BCUT2D eigenvalue weighted by Crippen LogP contribution is 2.31. The molecular weight excluding hydrogens is 288 g/mol. The van der Waals surface area contributed by atoms with Crippen LogP contribution in [0.15, 0.2) is 40.8 Å². The molecule has 0 amide bonds. The second-order valence-electron chi connectivity index (χ2n) is 4.60. The van der Waals surface area contributed by atoms with Crippen LogP contribution in [0.1, 0.15) is 12.7 Å². The number of furan rings is 1. The van der Waals surface area contributed by atoms with E-state index < -0.39 is 16.9 Å². The van der Waals surface area contributed by atoms with Crippen molar-refractivity contribution in [2.45, 2.75) is 19.4 Å². The van der Waals surface area contributed by atoms with Crippen molar-refractivity contribution < 1.29 is 18.9 Å². The summed E-state index contributed by atoms with van der Waals surface area (Å²) in [4.78, 5) is 22.0. The van der Waals surface area contributed by atoms with Crippen LogP contribution in [0.5, 0.6) is 0 Å². The second kappa shape index (κ2) is 6.86. The van der Waals surface area contributed by atoms with Gasteiger partial charge in [-0.05, 0) is 25.1 Å². The number of carbonyl (C=O) groups excluding carboxylic acids is 1. The number of rotatable bonds is 6. The van der Waals surface area contributed by atoms with Crippen molar-refractivity contribution in [1.82, 2.24) is 0 Å². The van der Waals surface area contributed by atoms with Crippen LogP contribution in [0.4, 0.5) is 5.69 Å². The van der Waals surface area contributed by atoms with E-state index in [1.807, 2.05) is 0 Å². The fraction of sp³-hybridized carbons (Fsp3) is 0.267. The lowest BCUT2D eigenvalue weighted by atomic mass is 10.1. The number of nitro groups is 1. The number of nitro benzene ring substituents is 1. The van der Waals surface area contributed by atoms with Gasteiger partial charge >= 0.3 is 5.97 Å². The maximum Gasteiger partial charge on any atom is 0.323 e. The van der Waals surface area contributed by atoms with Gasteiger partial charge in [0, 0.05) is 12.5 Å². The van der Waals surface area contributed by atoms with E-state index in [1.165, 1.54) is 6.07 Å². The second-order valence-corrected chi connectivity index (χ2v) is 4.60.